The van der Waals surface area contributed by atoms with Crippen LogP contribution in [0.5, 0.6) is 0 Å². The van der Waals surface area contributed by atoms with E-state index in [1.807, 2.05) is 5.57 Å². The number of carbonyl (C=O) groups is 1. The molecule has 0 aromatic carbocycles. The Morgan fingerprint density at radius 1 is 0.857 bits per heavy atom. The van der Waals surface area contributed by atoms with Crippen molar-refractivity contribution in [3.63, 3.8) is 0 Å². The number of Topliss-reactive ketones (excluding diaryl/α,β-unsaturated/α-hetero) is 1. The number of ketones is 1. The first-order valence-corrected chi connectivity index (χ1v) is 12.2. The van der Waals surface area contributed by atoms with Crippen molar-refractivity contribution in [3.8, 4) is 0 Å². The lowest BCUT2D eigenvalue weighted by Crippen LogP contribution is -2.60. The van der Waals surface area contributed by atoms with Crippen molar-refractivity contribution in [2.75, 3.05) is 0 Å². The summed E-state index contributed by atoms with van der Waals surface area (Å²) in [4.78, 5) is 12.6. The topological polar surface area (TPSA) is 17.1 Å². The van der Waals surface area contributed by atoms with E-state index in [-0.39, 0.29) is 5.41 Å². The SMILES string of the molecule is CC1(C)CCC2(C)CCC3(C)C(=CCC4C5(C)CCC(=O)C5CCC43C)C2C1. The van der Waals surface area contributed by atoms with Gasteiger partial charge in [0.1, 0.15) is 5.78 Å². The van der Waals surface area contributed by atoms with Crippen LogP contribution in [-0.2, 0) is 4.79 Å². The third-order valence-corrected chi connectivity index (χ3v) is 11.6. The Kier molecular flexibility index (Phi) is 3.84. The fourth-order valence-electron chi connectivity index (χ4n) is 9.33. The van der Waals surface area contributed by atoms with Crippen LogP contribution >= 0.6 is 0 Å². The van der Waals surface area contributed by atoms with Gasteiger partial charge >= 0.3 is 0 Å². The molecule has 5 rings (SSSR count). The van der Waals surface area contributed by atoms with Crippen LogP contribution < -0.4 is 0 Å². The third-order valence-electron chi connectivity index (χ3n) is 11.6. The molecule has 0 radical (unpaired) electrons. The van der Waals surface area contributed by atoms with Gasteiger partial charge in [-0.1, -0.05) is 53.2 Å². The molecule has 0 aromatic rings. The minimum absolute atomic E-state index is 0.252. The fraction of sp³-hybridized carbons (Fsp3) is 0.889. The maximum Gasteiger partial charge on any atom is 0.136 e. The molecule has 7 unspecified atom stereocenters. The second-order valence-corrected chi connectivity index (χ2v) is 13.3. The lowest BCUT2D eigenvalue weighted by atomic mass is 9.36. The number of carbonyl (C=O) groups excluding carboxylic acids is 1. The molecule has 0 amide bonds. The normalized spacial score (nSPS) is 54.9. The fourth-order valence-corrected chi connectivity index (χ4v) is 9.33. The number of hydrogen-bond donors (Lipinski definition) is 0. The van der Waals surface area contributed by atoms with Gasteiger partial charge in [-0.25, -0.2) is 0 Å². The molecule has 1 nitrogen and oxygen atoms in total. The van der Waals surface area contributed by atoms with Crippen molar-refractivity contribution < 1.29 is 4.79 Å². The Labute approximate surface area is 173 Å². The summed E-state index contributed by atoms with van der Waals surface area (Å²) < 4.78 is 0. The summed E-state index contributed by atoms with van der Waals surface area (Å²) in [5.41, 5.74) is 3.82. The molecule has 1 heteroatoms. The molecule has 5 aliphatic rings. The smallest absolute Gasteiger partial charge is 0.136 e. The van der Waals surface area contributed by atoms with Crippen LogP contribution in [0, 0.1) is 44.8 Å². The van der Waals surface area contributed by atoms with Gasteiger partial charge in [-0.3, -0.25) is 4.79 Å². The van der Waals surface area contributed by atoms with E-state index in [1.54, 1.807) is 0 Å². The number of hydrogen-bond acceptors (Lipinski definition) is 1. The molecule has 156 valence electrons. The lowest BCUT2D eigenvalue weighted by Gasteiger charge is -2.68. The summed E-state index contributed by atoms with van der Waals surface area (Å²) in [6.45, 7) is 15.4. The predicted octanol–water partition coefficient (Wildman–Crippen LogP) is 7.35. The highest BCUT2D eigenvalue weighted by Gasteiger charge is 2.66. The van der Waals surface area contributed by atoms with E-state index in [2.05, 4.69) is 47.6 Å². The Hall–Kier alpha value is -0.590. The van der Waals surface area contributed by atoms with Gasteiger partial charge in [-0.2, -0.15) is 0 Å². The van der Waals surface area contributed by atoms with Crippen molar-refractivity contribution in [1.82, 2.24) is 0 Å². The third kappa shape index (κ3) is 2.23. The first kappa shape index (κ1) is 19.4. The van der Waals surface area contributed by atoms with Crippen LogP contribution in [0.15, 0.2) is 11.6 Å². The summed E-state index contributed by atoms with van der Waals surface area (Å²) in [5.74, 6) is 2.41. The van der Waals surface area contributed by atoms with E-state index in [0.29, 0.717) is 39.3 Å². The van der Waals surface area contributed by atoms with Gasteiger partial charge in [-0.05, 0) is 96.7 Å². The molecule has 0 saturated heterocycles. The van der Waals surface area contributed by atoms with Crippen molar-refractivity contribution in [2.24, 2.45) is 44.8 Å². The predicted molar refractivity (Wildman–Crippen MR) is 116 cm³/mol. The molecule has 0 heterocycles. The van der Waals surface area contributed by atoms with Crippen LogP contribution in [0.25, 0.3) is 0 Å². The van der Waals surface area contributed by atoms with Crippen LogP contribution in [0.2, 0.25) is 0 Å². The molecule has 28 heavy (non-hydrogen) atoms. The summed E-state index contributed by atoms with van der Waals surface area (Å²) in [5, 5.41) is 0. The zero-order valence-electron chi connectivity index (χ0n) is 19.3. The van der Waals surface area contributed by atoms with Gasteiger partial charge < -0.3 is 0 Å². The highest BCUT2D eigenvalue weighted by Crippen LogP contribution is 2.74. The first-order valence-electron chi connectivity index (χ1n) is 12.2. The van der Waals surface area contributed by atoms with Crippen LogP contribution in [0.4, 0.5) is 0 Å². The largest absolute Gasteiger partial charge is 0.299 e. The summed E-state index contributed by atoms with van der Waals surface area (Å²) in [6.07, 6.45) is 15.3. The van der Waals surface area contributed by atoms with Crippen molar-refractivity contribution in [1.29, 1.82) is 0 Å². The van der Waals surface area contributed by atoms with Gasteiger partial charge in [0.05, 0.1) is 0 Å². The van der Waals surface area contributed by atoms with Crippen molar-refractivity contribution in [3.05, 3.63) is 11.6 Å². The highest BCUT2D eigenvalue weighted by atomic mass is 16.1. The average Bonchev–Trinajstić information content (AvgIpc) is 2.92. The maximum absolute atomic E-state index is 12.6. The molecule has 7 atom stereocenters. The number of fused-ring (bicyclic) bond motifs is 7. The minimum atomic E-state index is 0.252. The second-order valence-electron chi connectivity index (χ2n) is 13.3. The highest BCUT2D eigenvalue weighted by molar-refractivity contribution is 5.84. The maximum atomic E-state index is 12.6. The van der Waals surface area contributed by atoms with Crippen LogP contribution in [-0.4, -0.2) is 5.78 Å². The monoisotopic (exact) mass is 382 g/mol. The molecule has 4 fully saturated rings. The summed E-state index contributed by atoms with van der Waals surface area (Å²) >= 11 is 0. The minimum Gasteiger partial charge on any atom is -0.299 e. The quantitative estimate of drug-likeness (QED) is 0.400. The Morgan fingerprint density at radius 3 is 2.32 bits per heavy atom. The zero-order chi connectivity index (χ0) is 20.2. The Bertz CT molecular complexity index is 745. The van der Waals surface area contributed by atoms with E-state index < -0.39 is 0 Å². The molecule has 0 aromatic heterocycles. The van der Waals surface area contributed by atoms with Gasteiger partial charge in [-0.15, -0.1) is 0 Å². The molecular weight excluding hydrogens is 340 g/mol. The standard InChI is InChI=1S/C27H42O/c1-23(2)13-14-24(3)15-16-26(5)18(20(24)17-23)7-8-22-25(4)11-10-21(28)19(25)9-12-27(22,26)6/h7,19-20,22H,8-17H2,1-6H3. The van der Waals surface area contributed by atoms with Crippen molar-refractivity contribution >= 4 is 5.78 Å². The first-order chi connectivity index (χ1) is 13.0. The molecule has 0 N–H and O–H groups in total. The van der Waals surface area contributed by atoms with Crippen LogP contribution in [0.1, 0.15) is 106 Å². The Balaban J connectivity index is 1.59. The van der Waals surface area contributed by atoms with E-state index in [0.717, 1.165) is 25.2 Å². The van der Waals surface area contributed by atoms with Gasteiger partial charge in [0.15, 0.2) is 0 Å². The van der Waals surface area contributed by atoms with E-state index in [1.165, 1.54) is 44.9 Å². The van der Waals surface area contributed by atoms with Crippen LogP contribution in [0.3, 0.4) is 0 Å². The molecule has 4 saturated carbocycles. The van der Waals surface area contributed by atoms with Gasteiger partial charge in [0.25, 0.3) is 0 Å². The number of rotatable bonds is 0. The van der Waals surface area contributed by atoms with E-state index >= 15 is 0 Å². The molecule has 0 spiro atoms. The molecular formula is C27H42O. The average molecular weight is 383 g/mol. The zero-order valence-corrected chi connectivity index (χ0v) is 19.3. The lowest BCUT2D eigenvalue weighted by molar-refractivity contribution is -0.147. The Morgan fingerprint density at radius 2 is 1.57 bits per heavy atom. The van der Waals surface area contributed by atoms with Gasteiger partial charge in [0, 0.05) is 12.3 Å². The molecule has 5 aliphatic carbocycles. The van der Waals surface area contributed by atoms with E-state index in [9.17, 15) is 4.79 Å². The molecule has 0 bridgehead atoms. The molecule has 0 aliphatic heterocycles. The van der Waals surface area contributed by atoms with Crippen molar-refractivity contribution in [2.45, 2.75) is 106 Å². The van der Waals surface area contributed by atoms with E-state index in [4.69, 9.17) is 0 Å². The van der Waals surface area contributed by atoms with Gasteiger partial charge in [0.2, 0.25) is 0 Å². The number of allylic oxidation sites excluding steroid dienone is 2. The summed E-state index contributed by atoms with van der Waals surface area (Å²) in [7, 11) is 0. The second kappa shape index (κ2) is 5.55. The summed E-state index contributed by atoms with van der Waals surface area (Å²) in [6, 6.07) is 0.